The number of aromatic amines is 1. The number of benzene rings is 1. The standard InChI is InChI=1S/C20H19FN4O2S/c1-11-6-16(22-8-11)19-23-18(24-27-19)12-2-4-14-10-28-17-7-13(21)3-5-15(17)20(26)25(14)9-12/h3,5-8,12,14,22H,2,4,9-10H2,1H3/t12-,14-/m1/s1. The Morgan fingerprint density at radius 3 is 3.04 bits per heavy atom. The predicted octanol–water partition coefficient (Wildman–Crippen LogP) is 4.01. The second-order valence-electron chi connectivity index (χ2n) is 7.39. The van der Waals surface area contributed by atoms with E-state index in [1.165, 1.54) is 12.1 Å². The Morgan fingerprint density at radius 2 is 2.21 bits per heavy atom. The van der Waals surface area contributed by atoms with E-state index in [0.717, 1.165) is 34.7 Å². The van der Waals surface area contributed by atoms with E-state index in [0.29, 0.717) is 23.8 Å². The number of aromatic nitrogens is 3. The average molecular weight is 398 g/mol. The molecule has 4 heterocycles. The number of piperidine rings is 1. The number of carbonyl (C=O) groups excluding carboxylic acids is 1. The Bertz CT molecular complexity index is 1050. The fraction of sp³-hybridized carbons (Fsp3) is 0.350. The Labute approximate surface area is 165 Å². The minimum absolute atomic E-state index is 0.0285. The number of rotatable bonds is 2. The number of hydrogen-bond acceptors (Lipinski definition) is 5. The molecule has 2 aliphatic heterocycles. The van der Waals surface area contributed by atoms with Crippen molar-refractivity contribution in [3.8, 4) is 11.6 Å². The van der Waals surface area contributed by atoms with Gasteiger partial charge in [-0.1, -0.05) is 5.16 Å². The van der Waals surface area contributed by atoms with Gasteiger partial charge >= 0.3 is 0 Å². The maximum atomic E-state index is 13.6. The van der Waals surface area contributed by atoms with Crippen LogP contribution in [0.25, 0.3) is 11.6 Å². The smallest absolute Gasteiger partial charge is 0.274 e. The van der Waals surface area contributed by atoms with Crippen LogP contribution in [0.15, 0.2) is 39.9 Å². The zero-order valence-corrected chi connectivity index (χ0v) is 16.1. The number of hydrogen-bond donors (Lipinski definition) is 1. The molecule has 1 aromatic carbocycles. The van der Waals surface area contributed by atoms with E-state index in [9.17, 15) is 9.18 Å². The van der Waals surface area contributed by atoms with Crippen molar-refractivity contribution >= 4 is 17.7 Å². The summed E-state index contributed by atoms with van der Waals surface area (Å²) in [5, 5.41) is 4.17. The Hall–Kier alpha value is -2.61. The summed E-state index contributed by atoms with van der Waals surface area (Å²) < 4.78 is 19.0. The van der Waals surface area contributed by atoms with Crippen LogP contribution in [0.4, 0.5) is 4.39 Å². The molecular formula is C20H19FN4O2S. The first-order valence-corrected chi connectivity index (χ1v) is 10.3. The molecule has 0 radical (unpaired) electrons. The van der Waals surface area contributed by atoms with Crippen molar-refractivity contribution in [2.75, 3.05) is 12.3 Å². The van der Waals surface area contributed by atoms with Crippen molar-refractivity contribution in [1.29, 1.82) is 0 Å². The number of amides is 1. The molecule has 28 heavy (non-hydrogen) atoms. The van der Waals surface area contributed by atoms with Gasteiger partial charge < -0.3 is 14.4 Å². The second kappa shape index (κ2) is 6.77. The number of nitrogens with one attached hydrogen (secondary N) is 1. The van der Waals surface area contributed by atoms with E-state index >= 15 is 0 Å². The molecule has 0 spiro atoms. The van der Waals surface area contributed by atoms with Gasteiger partial charge in [0.2, 0.25) is 0 Å². The molecule has 0 saturated carbocycles. The number of halogens is 1. The lowest BCUT2D eigenvalue weighted by Gasteiger charge is -2.37. The molecule has 2 aliphatic rings. The molecule has 1 fully saturated rings. The fourth-order valence-corrected chi connectivity index (χ4v) is 5.15. The van der Waals surface area contributed by atoms with Gasteiger partial charge in [0, 0.05) is 35.3 Å². The summed E-state index contributed by atoms with van der Waals surface area (Å²) in [5.74, 6) is 1.54. The van der Waals surface area contributed by atoms with Crippen LogP contribution >= 0.6 is 11.8 Å². The van der Waals surface area contributed by atoms with E-state index in [1.807, 2.05) is 24.1 Å². The Balaban J connectivity index is 1.40. The van der Waals surface area contributed by atoms with E-state index in [1.54, 1.807) is 17.8 Å². The van der Waals surface area contributed by atoms with Crippen LogP contribution in [-0.4, -0.2) is 44.3 Å². The number of aryl methyl sites for hydroxylation is 1. The second-order valence-corrected chi connectivity index (χ2v) is 8.45. The molecule has 5 rings (SSSR count). The van der Waals surface area contributed by atoms with Gasteiger partial charge in [0.05, 0.1) is 5.56 Å². The van der Waals surface area contributed by atoms with Crippen molar-refractivity contribution in [3.05, 3.63) is 53.2 Å². The van der Waals surface area contributed by atoms with E-state index in [2.05, 4.69) is 15.1 Å². The molecule has 0 bridgehead atoms. The first kappa shape index (κ1) is 17.5. The quantitative estimate of drug-likeness (QED) is 0.706. The molecule has 0 unspecified atom stereocenters. The summed E-state index contributed by atoms with van der Waals surface area (Å²) >= 11 is 1.56. The molecule has 2 atom stereocenters. The van der Waals surface area contributed by atoms with Crippen LogP contribution < -0.4 is 0 Å². The Morgan fingerprint density at radius 1 is 1.32 bits per heavy atom. The van der Waals surface area contributed by atoms with E-state index in [4.69, 9.17) is 4.52 Å². The number of carbonyl (C=O) groups is 1. The lowest BCUT2D eigenvalue weighted by molar-refractivity contribution is 0.0611. The van der Waals surface area contributed by atoms with Crippen molar-refractivity contribution in [1.82, 2.24) is 20.0 Å². The van der Waals surface area contributed by atoms with Crippen LogP contribution in [0.1, 0.15) is 40.5 Å². The minimum Gasteiger partial charge on any atom is -0.357 e. The summed E-state index contributed by atoms with van der Waals surface area (Å²) in [6.45, 7) is 2.54. The summed E-state index contributed by atoms with van der Waals surface area (Å²) in [5.41, 5.74) is 2.46. The molecule has 144 valence electrons. The topological polar surface area (TPSA) is 75.0 Å². The maximum absolute atomic E-state index is 13.6. The summed E-state index contributed by atoms with van der Waals surface area (Å²) in [6.07, 6.45) is 3.64. The van der Waals surface area contributed by atoms with Gasteiger partial charge in [0.15, 0.2) is 5.82 Å². The number of nitrogens with zero attached hydrogens (tertiary/aromatic N) is 3. The first-order valence-electron chi connectivity index (χ1n) is 9.31. The number of fused-ring (bicyclic) bond motifs is 2. The van der Waals surface area contributed by atoms with Crippen molar-refractivity contribution < 1.29 is 13.7 Å². The summed E-state index contributed by atoms with van der Waals surface area (Å²) in [6, 6.07) is 6.49. The molecule has 6 nitrogen and oxygen atoms in total. The molecule has 8 heteroatoms. The fourth-order valence-electron chi connectivity index (χ4n) is 3.93. The Kier molecular flexibility index (Phi) is 4.23. The molecule has 1 N–H and O–H groups in total. The molecule has 1 amide bonds. The van der Waals surface area contributed by atoms with Gasteiger partial charge in [-0.3, -0.25) is 4.79 Å². The van der Waals surface area contributed by atoms with Crippen LogP contribution in [0.5, 0.6) is 0 Å². The average Bonchev–Trinajstić information content (AvgIpc) is 3.32. The third kappa shape index (κ3) is 3.01. The van der Waals surface area contributed by atoms with E-state index < -0.39 is 0 Å². The largest absolute Gasteiger partial charge is 0.357 e. The SMILES string of the molecule is Cc1c[nH]c(-c2nc([C@@H]3CC[C@@H]4CSc5cc(F)ccc5C(=O)N4C3)no2)c1. The van der Waals surface area contributed by atoms with Gasteiger partial charge in [0.1, 0.15) is 11.5 Å². The van der Waals surface area contributed by atoms with Gasteiger partial charge in [-0.2, -0.15) is 4.98 Å². The summed E-state index contributed by atoms with van der Waals surface area (Å²) in [4.78, 5) is 23.4. The highest BCUT2D eigenvalue weighted by Crippen LogP contribution is 2.37. The highest BCUT2D eigenvalue weighted by molar-refractivity contribution is 7.99. The third-order valence-electron chi connectivity index (χ3n) is 5.44. The molecule has 2 aromatic heterocycles. The molecule has 0 aliphatic carbocycles. The first-order chi connectivity index (χ1) is 13.6. The van der Waals surface area contributed by atoms with Crippen LogP contribution in [-0.2, 0) is 0 Å². The van der Waals surface area contributed by atoms with Crippen LogP contribution in [0.3, 0.4) is 0 Å². The van der Waals surface area contributed by atoms with Crippen molar-refractivity contribution in [3.63, 3.8) is 0 Å². The maximum Gasteiger partial charge on any atom is 0.274 e. The predicted molar refractivity (Wildman–Crippen MR) is 103 cm³/mol. The lowest BCUT2D eigenvalue weighted by atomic mass is 9.92. The number of thioether (sulfide) groups is 1. The summed E-state index contributed by atoms with van der Waals surface area (Å²) in [7, 11) is 0. The van der Waals surface area contributed by atoms with E-state index in [-0.39, 0.29) is 23.7 Å². The van der Waals surface area contributed by atoms with Gasteiger partial charge in [-0.05, 0) is 49.6 Å². The molecule has 1 saturated heterocycles. The lowest BCUT2D eigenvalue weighted by Crippen LogP contribution is -2.46. The normalized spacial score (nSPS) is 21.9. The van der Waals surface area contributed by atoms with Crippen molar-refractivity contribution in [2.45, 2.75) is 36.6 Å². The zero-order valence-electron chi connectivity index (χ0n) is 15.3. The highest BCUT2D eigenvalue weighted by atomic mass is 32.2. The van der Waals surface area contributed by atoms with Gasteiger partial charge in [-0.15, -0.1) is 11.8 Å². The van der Waals surface area contributed by atoms with Crippen molar-refractivity contribution in [2.24, 2.45) is 0 Å². The van der Waals surface area contributed by atoms with Gasteiger partial charge in [0.25, 0.3) is 11.8 Å². The van der Waals surface area contributed by atoms with Gasteiger partial charge in [-0.25, -0.2) is 4.39 Å². The molecule has 3 aromatic rings. The minimum atomic E-state index is -0.310. The highest BCUT2D eigenvalue weighted by Gasteiger charge is 2.37. The molecular weight excluding hydrogens is 379 g/mol. The number of H-pyrrole nitrogens is 1. The van der Waals surface area contributed by atoms with Crippen LogP contribution in [0.2, 0.25) is 0 Å². The monoisotopic (exact) mass is 398 g/mol. The van der Waals surface area contributed by atoms with Crippen LogP contribution in [0, 0.1) is 12.7 Å². The third-order valence-corrected chi connectivity index (χ3v) is 6.64. The zero-order chi connectivity index (χ0) is 19.3.